The SMILES string of the molecule is Cc1ccc(C(CNC2CC2)OCCOC(C)C)cc1. The van der Waals surface area contributed by atoms with Gasteiger partial charge in [0.2, 0.25) is 0 Å². The quantitative estimate of drug-likeness (QED) is 0.703. The summed E-state index contributed by atoms with van der Waals surface area (Å²) in [7, 11) is 0. The fraction of sp³-hybridized carbons (Fsp3) is 0.647. The Morgan fingerprint density at radius 3 is 2.35 bits per heavy atom. The van der Waals surface area contributed by atoms with E-state index >= 15 is 0 Å². The summed E-state index contributed by atoms with van der Waals surface area (Å²) in [5.41, 5.74) is 2.53. The Hall–Kier alpha value is -0.900. The number of hydrogen-bond acceptors (Lipinski definition) is 3. The van der Waals surface area contributed by atoms with Gasteiger partial charge in [0.1, 0.15) is 0 Å². The zero-order valence-corrected chi connectivity index (χ0v) is 12.9. The van der Waals surface area contributed by atoms with Gasteiger partial charge in [-0.15, -0.1) is 0 Å². The van der Waals surface area contributed by atoms with Crippen LogP contribution in [0.1, 0.15) is 43.9 Å². The number of hydrogen-bond donors (Lipinski definition) is 1. The van der Waals surface area contributed by atoms with E-state index in [2.05, 4.69) is 36.5 Å². The number of rotatable bonds is 9. The Morgan fingerprint density at radius 1 is 1.10 bits per heavy atom. The van der Waals surface area contributed by atoms with Crippen molar-refractivity contribution in [3.05, 3.63) is 35.4 Å². The second-order valence-electron chi connectivity index (χ2n) is 5.87. The third-order valence-corrected chi connectivity index (χ3v) is 3.47. The summed E-state index contributed by atoms with van der Waals surface area (Å²) < 4.78 is 11.5. The molecule has 2 rings (SSSR count). The van der Waals surface area contributed by atoms with Crippen LogP contribution in [0.25, 0.3) is 0 Å². The topological polar surface area (TPSA) is 30.5 Å². The highest BCUT2D eigenvalue weighted by Gasteiger charge is 2.22. The standard InChI is InChI=1S/C17H27NO2/c1-13(2)19-10-11-20-17(12-18-16-8-9-16)15-6-4-14(3)5-7-15/h4-7,13,16-18H,8-12H2,1-3H3. The normalized spacial score (nSPS) is 16.6. The van der Waals surface area contributed by atoms with Crippen LogP contribution in [0.4, 0.5) is 0 Å². The molecule has 0 aliphatic heterocycles. The van der Waals surface area contributed by atoms with Crippen molar-refractivity contribution in [3.63, 3.8) is 0 Å². The lowest BCUT2D eigenvalue weighted by Crippen LogP contribution is -2.26. The van der Waals surface area contributed by atoms with Gasteiger partial charge in [-0.25, -0.2) is 0 Å². The molecule has 0 radical (unpaired) electrons. The molecule has 112 valence electrons. The molecule has 0 amide bonds. The Morgan fingerprint density at radius 2 is 1.75 bits per heavy atom. The van der Waals surface area contributed by atoms with Gasteiger partial charge in [0.05, 0.1) is 25.4 Å². The molecule has 0 saturated heterocycles. The van der Waals surface area contributed by atoms with Gasteiger partial charge in [-0.2, -0.15) is 0 Å². The minimum atomic E-state index is 0.118. The lowest BCUT2D eigenvalue weighted by Gasteiger charge is -2.20. The molecular formula is C17H27NO2. The molecule has 0 spiro atoms. The molecule has 3 heteroatoms. The molecule has 1 saturated carbocycles. The molecule has 1 unspecified atom stereocenters. The summed E-state index contributed by atoms with van der Waals surface area (Å²) >= 11 is 0. The molecule has 1 aromatic carbocycles. The van der Waals surface area contributed by atoms with Crippen molar-refractivity contribution < 1.29 is 9.47 Å². The Labute approximate surface area is 122 Å². The van der Waals surface area contributed by atoms with E-state index in [9.17, 15) is 0 Å². The highest BCUT2D eigenvalue weighted by Crippen LogP contribution is 2.22. The second kappa shape index (κ2) is 7.77. The van der Waals surface area contributed by atoms with Gasteiger partial charge < -0.3 is 14.8 Å². The van der Waals surface area contributed by atoms with Gasteiger partial charge in [-0.3, -0.25) is 0 Å². The van der Waals surface area contributed by atoms with Crippen molar-refractivity contribution in [2.45, 2.75) is 51.9 Å². The largest absolute Gasteiger partial charge is 0.376 e. The van der Waals surface area contributed by atoms with Crippen molar-refractivity contribution in [1.82, 2.24) is 5.32 Å². The number of aryl methyl sites for hydroxylation is 1. The molecule has 1 aliphatic rings. The minimum Gasteiger partial charge on any atom is -0.376 e. The van der Waals surface area contributed by atoms with Crippen molar-refractivity contribution in [2.75, 3.05) is 19.8 Å². The third-order valence-electron chi connectivity index (χ3n) is 3.47. The van der Waals surface area contributed by atoms with Crippen LogP contribution in [0.5, 0.6) is 0 Å². The molecule has 1 fully saturated rings. The molecular weight excluding hydrogens is 250 g/mol. The zero-order chi connectivity index (χ0) is 14.4. The highest BCUT2D eigenvalue weighted by molar-refractivity contribution is 5.23. The minimum absolute atomic E-state index is 0.118. The monoisotopic (exact) mass is 277 g/mol. The molecule has 1 atom stereocenters. The molecule has 1 aliphatic carbocycles. The average Bonchev–Trinajstić information content (AvgIpc) is 3.23. The first-order chi connectivity index (χ1) is 9.65. The van der Waals surface area contributed by atoms with Crippen LogP contribution in [0, 0.1) is 6.92 Å². The number of ether oxygens (including phenoxy) is 2. The van der Waals surface area contributed by atoms with E-state index in [1.807, 2.05) is 13.8 Å². The Bertz CT molecular complexity index is 384. The third kappa shape index (κ3) is 5.61. The maximum Gasteiger partial charge on any atom is 0.0950 e. The van der Waals surface area contributed by atoms with Crippen molar-refractivity contribution in [1.29, 1.82) is 0 Å². The summed E-state index contributed by atoms with van der Waals surface area (Å²) in [6.07, 6.45) is 2.99. The summed E-state index contributed by atoms with van der Waals surface area (Å²) in [6, 6.07) is 9.33. The smallest absolute Gasteiger partial charge is 0.0950 e. The number of benzene rings is 1. The van der Waals surface area contributed by atoms with Crippen molar-refractivity contribution in [2.24, 2.45) is 0 Å². The second-order valence-corrected chi connectivity index (χ2v) is 5.87. The molecule has 20 heavy (non-hydrogen) atoms. The Balaban J connectivity index is 1.83. The maximum atomic E-state index is 6.01. The van der Waals surface area contributed by atoms with Gasteiger partial charge in [0.15, 0.2) is 0 Å². The van der Waals surface area contributed by atoms with E-state index in [-0.39, 0.29) is 12.2 Å². The molecule has 0 aromatic heterocycles. The first-order valence-corrected chi connectivity index (χ1v) is 7.68. The fourth-order valence-electron chi connectivity index (χ4n) is 2.09. The summed E-state index contributed by atoms with van der Waals surface area (Å²) in [5, 5.41) is 3.55. The average molecular weight is 277 g/mol. The van der Waals surface area contributed by atoms with Gasteiger partial charge in [0, 0.05) is 12.6 Å². The maximum absolute atomic E-state index is 6.01. The van der Waals surface area contributed by atoms with Gasteiger partial charge in [-0.05, 0) is 39.2 Å². The van der Waals surface area contributed by atoms with E-state index < -0.39 is 0 Å². The van der Waals surface area contributed by atoms with Gasteiger partial charge in [0.25, 0.3) is 0 Å². The summed E-state index contributed by atoms with van der Waals surface area (Å²) in [5.74, 6) is 0. The lowest BCUT2D eigenvalue weighted by atomic mass is 10.1. The molecule has 3 nitrogen and oxygen atoms in total. The number of nitrogens with one attached hydrogen (secondary N) is 1. The van der Waals surface area contributed by atoms with Crippen LogP contribution >= 0.6 is 0 Å². The first kappa shape index (κ1) is 15.5. The molecule has 0 bridgehead atoms. The zero-order valence-electron chi connectivity index (χ0n) is 12.9. The van der Waals surface area contributed by atoms with Crippen molar-refractivity contribution in [3.8, 4) is 0 Å². The Kier molecular flexibility index (Phi) is 6.02. The van der Waals surface area contributed by atoms with Crippen LogP contribution in [-0.2, 0) is 9.47 Å². The van der Waals surface area contributed by atoms with Crippen LogP contribution in [0.2, 0.25) is 0 Å². The molecule has 0 heterocycles. The van der Waals surface area contributed by atoms with Gasteiger partial charge in [-0.1, -0.05) is 29.8 Å². The fourth-order valence-corrected chi connectivity index (χ4v) is 2.09. The predicted octanol–water partition coefficient (Wildman–Crippen LogP) is 3.23. The summed E-state index contributed by atoms with van der Waals surface area (Å²) in [4.78, 5) is 0. The first-order valence-electron chi connectivity index (χ1n) is 7.68. The van der Waals surface area contributed by atoms with Crippen LogP contribution in [-0.4, -0.2) is 31.9 Å². The van der Waals surface area contributed by atoms with E-state index in [1.165, 1.54) is 24.0 Å². The van der Waals surface area contributed by atoms with Gasteiger partial charge >= 0.3 is 0 Å². The molecule has 1 N–H and O–H groups in total. The lowest BCUT2D eigenvalue weighted by molar-refractivity contribution is -0.0131. The van der Waals surface area contributed by atoms with E-state index in [0.717, 1.165) is 6.54 Å². The summed E-state index contributed by atoms with van der Waals surface area (Å²) in [6.45, 7) is 8.39. The van der Waals surface area contributed by atoms with Crippen LogP contribution in [0.15, 0.2) is 24.3 Å². The van der Waals surface area contributed by atoms with E-state index in [1.54, 1.807) is 0 Å². The highest BCUT2D eigenvalue weighted by atomic mass is 16.5. The van der Waals surface area contributed by atoms with Crippen molar-refractivity contribution >= 4 is 0 Å². The van der Waals surface area contributed by atoms with E-state index in [4.69, 9.17) is 9.47 Å². The predicted molar refractivity (Wildman–Crippen MR) is 82.0 cm³/mol. The van der Waals surface area contributed by atoms with E-state index in [0.29, 0.717) is 19.3 Å². The van der Waals surface area contributed by atoms with Crippen LogP contribution < -0.4 is 5.32 Å². The van der Waals surface area contributed by atoms with Crippen LogP contribution in [0.3, 0.4) is 0 Å². The molecule has 1 aromatic rings.